The fourth-order valence-corrected chi connectivity index (χ4v) is 3.62. The monoisotopic (exact) mass is 395 g/mol. The fraction of sp³-hybridized carbons (Fsp3) is 0.190. The lowest BCUT2D eigenvalue weighted by molar-refractivity contribution is -0.121. The second kappa shape index (κ2) is 7.48. The second-order valence-corrected chi connectivity index (χ2v) is 7.02. The van der Waals surface area contributed by atoms with Crippen molar-refractivity contribution < 1.29 is 14.3 Å². The van der Waals surface area contributed by atoms with Crippen molar-refractivity contribution in [2.75, 3.05) is 16.8 Å². The molecule has 1 N–H and O–H groups in total. The first-order chi connectivity index (χ1) is 13.5. The van der Waals surface area contributed by atoms with Gasteiger partial charge in [-0.1, -0.05) is 23.7 Å². The molecule has 0 saturated carbocycles. The minimum atomic E-state index is -0.292. The highest BCUT2D eigenvalue weighted by atomic mass is 35.5. The standard InChI is InChI=1S/C21H18ClN3O3/c1-13-11-19(26)24-16-6-2-3-7-17(16)25(13)20(27)12-28-18-9-8-15(22)14-5-4-10-23-21(14)18/h2-10,13H,11-12H2,1H3,(H,24,26)/t13-/m0/s1. The maximum absolute atomic E-state index is 13.0. The molecule has 2 aromatic carbocycles. The molecule has 0 fully saturated rings. The Labute approximate surface area is 167 Å². The van der Waals surface area contributed by atoms with Gasteiger partial charge in [0.25, 0.3) is 5.91 Å². The third kappa shape index (κ3) is 3.39. The highest BCUT2D eigenvalue weighted by molar-refractivity contribution is 6.35. The number of fused-ring (bicyclic) bond motifs is 2. The van der Waals surface area contributed by atoms with E-state index >= 15 is 0 Å². The number of nitrogens with one attached hydrogen (secondary N) is 1. The molecule has 1 aliphatic rings. The lowest BCUT2D eigenvalue weighted by atomic mass is 10.1. The van der Waals surface area contributed by atoms with Gasteiger partial charge in [0.15, 0.2) is 6.61 Å². The summed E-state index contributed by atoms with van der Waals surface area (Å²) >= 11 is 6.21. The van der Waals surface area contributed by atoms with E-state index in [2.05, 4.69) is 10.3 Å². The van der Waals surface area contributed by atoms with E-state index in [0.29, 0.717) is 27.7 Å². The summed E-state index contributed by atoms with van der Waals surface area (Å²) in [6.45, 7) is 1.67. The first-order valence-electron chi connectivity index (χ1n) is 8.91. The summed E-state index contributed by atoms with van der Waals surface area (Å²) in [5.41, 5.74) is 1.88. The largest absolute Gasteiger partial charge is 0.481 e. The number of carbonyl (C=O) groups is 2. The minimum Gasteiger partial charge on any atom is -0.481 e. The molecule has 4 rings (SSSR count). The highest BCUT2D eigenvalue weighted by Gasteiger charge is 2.29. The number of anilines is 2. The summed E-state index contributed by atoms with van der Waals surface area (Å²) in [5.74, 6) is 0.123. The summed E-state index contributed by atoms with van der Waals surface area (Å²) in [4.78, 5) is 31.0. The van der Waals surface area contributed by atoms with Crippen LogP contribution in [0.25, 0.3) is 10.9 Å². The molecule has 0 spiro atoms. The molecule has 142 valence electrons. The van der Waals surface area contributed by atoms with Crippen molar-refractivity contribution in [1.82, 2.24) is 4.98 Å². The van der Waals surface area contributed by atoms with Crippen LogP contribution in [0.4, 0.5) is 11.4 Å². The number of ether oxygens (including phenoxy) is 1. The maximum atomic E-state index is 13.0. The molecule has 0 bridgehead atoms. The van der Waals surface area contributed by atoms with Gasteiger partial charge in [0.1, 0.15) is 11.3 Å². The van der Waals surface area contributed by atoms with Gasteiger partial charge < -0.3 is 15.0 Å². The summed E-state index contributed by atoms with van der Waals surface area (Å²) in [5, 5.41) is 4.18. The lowest BCUT2D eigenvalue weighted by Gasteiger charge is -2.27. The van der Waals surface area contributed by atoms with Crippen LogP contribution in [-0.4, -0.2) is 29.4 Å². The lowest BCUT2D eigenvalue weighted by Crippen LogP contribution is -2.41. The van der Waals surface area contributed by atoms with Crippen LogP contribution in [0.15, 0.2) is 54.7 Å². The van der Waals surface area contributed by atoms with Crippen LogP contribution < -0.4 is 15.0 Å². The predicted molar refractivity (Wildman–Crippen MR) is 109 cm³/mol. The van der Waals surface area contributed by atoms with Gasteiger partial charge in [0, 0.05) is 24.0 Å². The van der Waals surface area contributed by atoms with Gasteiger partial charge in [-0.25, -0.2) is 0 Å². The number of hydrogen-bond donors (Lipinski definition) is 1. The summed E-state index contributed by atoms with van der Waals surface area (Å²) in [7, 11) is 0. The van der Waals surface area contributed by atoms with Crippen LogP contribution in [0.1, 0.15) is 13.3 Å². The highest BCUT2D eigenvalue weighted by Crippen LogP contribution is 2.32. The van der Waals surface area contributed by atoms with E-state index < -0.39 is 0 Å². The zero-order valence-electron chi connectivity index (χ0n) is 15.2. The average molecular weight is 396 g/mol. The molecule has 7 heteroatoms. The molecule has 1 aromatic heterocycles. The van der Waals surface area contributed by atoms with Crippen molar-refractivity contribution in [2.24, 2.45) is 0 Å². The quantitative estimate of drug-likeness (QED) is 0.726. The molecule has 0 aliphatic carbocycles. The van der Waals surface area contributed by atoms with Crippen LogP contribution in [0, 0.1) is 0 Å². The number of benzene rings is 2. The number of para-hydroxylation sites is 2. The molecule has 2 heterocycles. The Hall–Kier alpha value is -3.12. The molecule has 28 heavy (non-hydrogen) atoms. The van der Waals surface area contributed by atoms with Gasteiger partial charge in [0.2, 0.25) is 5.91 Å². The molecular weight excluding hydrogens is 378 g/mol. The van der Waals surface area contributed by atoms with E-state index in [1.54, 1.807) is 35.4 Å². The zero-order chi connectivity index (χ0) is 19.7. The summed E-state index contributed by atoms with van der Waals surface area (Å²) in [6.07, 6.45) is 1.86. The van der Waals surface area contributed by atoms with Gasteiger partial charge in [-0.15, -0.1) is 0 Å². The zero-order valence-corrected chi connectivity index (χ0v) is 15.9. The third-order valence-electron chi connectivity index (χ3n) is 4.66. The third-order valence-corrected chi connectivity index (χ3v) is 4.99. The van der Waals surface area contributed by atoms with Crippen LogP contribution in [-0.2, 0) is 9.59 Å². The molecule has 6 nitrogen and oxygen atoms in total. The molecule has 0 radical (unpaired) electrons. The van der Waals surface area contributed by atoms with Crippen molar-refractivity contribution in [2.45, 2.75) is 19.4 Å². The average Bonchev–Trinajstić information content (AvgIpc) is 2.81. The van der Waals surface area contributed by atoms with Crippen molar-refractivity contribution in [3.8, 4) is 5.75 Å². The van der Waals surface area contributed by atoms with Crippen LogP contribution in [0.5, 0.6) is 5.75 Å². The van der Waals surface area contributed by atoms with Gasteiger partial charge in [-0.3, -0.25) is 14.6 Å². The normalized spacial score (nSPS) is 16.3. The van der Waals surface area contributed by atoms with Gasteiger partial charge >= 0.3 is 0 Å². The molecule has 1 aliphatic heterocycles. The first-order valence-corrected chi connectivity index (χ1v) is 9.29. The van der Waals surface area contributed by atoms with Crippen molar-refractivity contribution in [1.29, 1.82) is 0 Å². The molecule has 3 aromatic rings. The molecule has 2 amide bonds. The Kier molecular flexibility index (Phi) is 4.88. The molecule has 0 saturated heterocycles. The Balaban J connectivity index is 1.61. The van der Waals surface area contributed by atoms with Gasteiger partial charge in [0.05, 0.1) is 16.4 Å². The Morgan fingerprint density at radius 2 is 2.07 bits per heavy atom. The van der Waals surface area contributed by atoms with Crippen LogP contribution in [0.3, 0.4) is 0 Å². The van der Waals surface area contributed by atoms with Gasteiger partial charge in [-0.2, -0.15) is 0 Å². The number of carbonyl (C=O) groups excluding carboxylic acids is 2. The topological polar surface area (TPSA) is 71.5 Å². The Bertz CT molecular complexity index is 1070. The second-order valence-electron chi connectivity index (χ2n) is 6.62. The van der Waals surface area contributed by atoms with Crippen LogP contribution >= 0.6 is 11.6 Å². The van der Waals surface area contributed by atoms with Crippen molar-refractivity contribution >= 4 is 45.7 Å². The Morgan fingerprint density at radius 1 is 1.25 bits per heavy atom. The van der Waals surface area contributed by atoms with E-state index in [4.69, 9.17) is 16.3 Å². The Morgan fingerprint density at radius 3 is 2.93 bits per heavy atom. The molecular formula is C21H18ClN3O3. The van der Waals surface area contributed by atoms with E-state index in [-0.39, 0.29) is 30.9 Å². The van der Waals surface area contributed by atoms with E-state index in [0.717, 1.165) is 5.39 Å². The smallest absolute Gasteiger partial charge is 0.265 e. The predicted octanol–water partition coefficient (Wildman–Crippen LogP) is 4.03. The van der Waals surface area contributed by atoms with Gasteiger partial charge in [-0.05, 0) is 43.3 Å². The SMILES string of the molecule is C[C@H]1CC(=O)Nc2ccccc2N1C(=O)COc1ccc(Cl)c2cccnc12. The minimum absolute atomic E-state index is 0.121. The van der Waals surface area contributed by atoms with E-state index in [1.807, 2.05) is 31.2 Å². The van der Waals surface area contributed by atoms with E-state index in [1.165, 1.54) is 0 Å². The molecule has 0 unspecified atom stereocenters. The number of aromatic nitrogens is 1. The van der Waals surface area contributed by atoms with E-state index in [9.17, 15) is 9.59 Å². The number of rotatable bonds is 3. The van der Waals surface area contributed by atoms with Crippen LogP contribution in [0.2, 0.25) is 5.02 Å². The number of nitrogens with zero attached hydrogens (tertiary/aromatic N) is 2. The van der Waals surface area contributed by atoms with Crippen molar-refractivity contribution in [3.05, 3.63) is 59.8 Å². The number of amides is 2. The number of hydrogen-bond acceptors (Lipinski definition) is 4. The summed E-state index contributed by atoms with van der Waals surface area (Å²) in [6, 6.07) is 14.0. The number of halogens is 1. The summed E-state index contributed by atoms with van der Waals surface area (Å²) < 4.78 is 5.80. The first kappa shape index (κ1) is 18.3. The fourth-order valence-electron chi connectivity index (χ4n) is 3.41. The van der Waals surface area contributed by atoms with Crippen molar-refractivity contribution in [3.63, 3.8) is 0 Å². The number of pyridine rings is 1. The maximum Gasteiger partial charge on any atom is 0.265 e. The molecule has 1 atom stereocenters.